The number of nitrogens with zero attached hydrogens (tertiary/aromatic N) is 7. The van der Waals surface area contributed by atoms with Crippen molar-refractivity contribution in [3.63, 3.8) is 0 Å². The molecule has 2 atom stereocenters. The van der Waals surface area contributed by atoms with Gasteiger partial charge in [0.25, 0.3) is 5.91 Å². The lowest BCUT2D eigenvalue weighted by Crippen LogP contribution is -2.52. The molecule has 1 saturated heterocycles. The maximum atomic E-state index is 13.5. The van der Waals surface area contributed by atoms with Gasteiger partial charge in [-0.25, -0.2) is 0 Å². The zero-order valence-electron chi connectivity index (χ0n) is 39.4. The van der Waals surface area contributed by atoms with E-state index in [-0.39, 0.29) is 67.8 Å². The molecule has 3 aromatic carbocycles. The minimum Gasteiger partial charge on any atom is -0.485 e. The Kier molecular flexibility index (Phi) is 14.5. The number of halogens is 1. The number of ether oxygens (including phenoxy) is 1. The van der Waals surface area contributed by atoms with Gasteiger partial charge in [0, 0.05) is 58.1 Å². The lowest BCUT2D eigenvalue weighted by molar-refractivity contribution is -0.137. The predicted molar refractivity (Wildman–Crippen MR) is 261 cm³/mol. The van der Waals surface area contributed by atoms with Crippen LogP contribution in [0.4, 0.5) is 11.4 Å². The third-order valence-corrected chi connectivity index (χ3v) is 14.2. The molecule has 2 unspecified atom stereocenters. The molecule has 2 N–H and O–H groups in total. The van der Waals surface area contributed by atoms with Gasteiger partial charge in [-0.05, 0) is 105 Å². The number of Topliss-reactive ketones (excluding diaryl/α,β-unsaturated/α-hetero) is 1. The number of imide groups is 1. The number of hydrogen-bond donors (Lipinski definition) is 2. The molecule has 354 valence electrons. The van der Waals surface area contributed by atoms with Gasteiger partial charge < -0.3 is 15.0 Å². The van der Waals surface area contributed by atoms with Gasteiger partial charge in [0.2, 0.25) is 17.7 Å². The van der Waals surface area contributed by atoms with Gasteiger partial charge in [0.1, 0.15) is 35.3 Å². The number of ketones is 1. The summed E-state index contributed by atoms with van der Waals surface area (Å²) in [6.07, 6.45) is 3.02. The summed E-state index contributed by atoms with van der Waals surface area (Å²) in [5.41, 5.74) is 7.92. The number of unbranched alkanes of at least 4 members (excludes halogenated alkanes) is 2. The van der Waals surface area contributed by atoms with Crippen LogP contribution in [0.15, 0.2) is 69.8 Å². The number of amides is 4. The Labute approximate surface area is 404 Å². The van der Waals surface area contributed by atoms with Gasteiger partial charge in [0.15, 0.2) is 11.6 Å². The van der Waals surface area contributed by atoms with Crippen molar-refractivity contribution in [2.24, 2.45) is 15.2 Å². The van der Waals surface area contributed by atoms with E-state index in [0.29, 0.717) is 64.9 Å². The average Bonchev–Trinajstić information content (AvgIpc) is 3.92. The van der Waals surface area contributed by atoms with Crippen LogP contribution in [-0.4, -0.2) is 74.0 Å². The minimum atomic E-state index is -0.727. The summed E-state index contributed by atoms with van der Waals surface area (Å²) in [7, 11) is 0. The first-order chi connectivity index (χ1) is 32.6. The molecule has 5 aromatic rings. The highest BCUT2D eigenvalue weighted by Crippen LogP contribution is 2.42. The van der Waals surface area contributed by atoms with E-state index in [0.717, 1.165) is 50.8 Å². The van der Waals surface area contributed by atoms with E-state index >= 15 is 0 Å². The number of benzene rings is 3. The van der Waals surface area contributed by atoms with E-state index in [9.17, 15) is 24.0 Å². The number of thiophene rings is 1. The largest absolute Gasteiger partial charge is 0.485 e. The molecule has 0 bridgehead atoms. The molecule has 0 saturated carbocycles. The van der Waals surface area contributed by atoms with Gasteiger partial charge in [-0.3, -0.25) is 38.8 Å². The van der Waals surface area contributed by atoms with Gasteiger partial charge in [0.05, 0.1) is 23.5 Å². The highest BCUT2D eigenvalue weighted by Gasteiger charge is 2.40. The first kappa shape index (κ1) is 48.1. The lowest BCUT2D eigenvalue weighted by Gasteiger charge is -2.29. The van der Waals surface area contributed by atoms with Crippen LogP contribution in [0.5, 0.6) is 5.75 Å². The Bertz CT molecular complexity index is 2830. The molecule has 3 aliphatic heterocycles. The number of aryl methyl sites for hydroxylation is 2. The third kappa shape index (κ3) is 10.1. The number of fused-ring (bicyclic) bond motifs is 4. The summed E-state index contributed by atoms with van der Waals surface area (Å²) < 4.78 is 8.34. The zero-order valence-corrected chi connectivity index (χ0v) is 41.0. The van der Waals surface area contributed by atoms with Crippen LogP contribution in [0.1, 0.15) is 151 Å². The zero-order chi connectivity index (χ0) is 48.4. The fourth-order valence-corrected chi connectivity index (χ4v) is 10.3. The van der Waals surface area contributed by atoms with E-state index in [1.54, 1.807) is 29.5 Å². The predicted octanol–water partition coefficient (Wildman–Crippen LogP) is 9.94. The van der Waals surface area contributed by atoms with Crippen molar-refractivity contribution in [2.45, 2.75) is 124 Å². The summed E-state index contributed by atoms with van der Waals surface area (Å²) in [5, 5.41) is 25.1. The smallest absolute Gasteiger partial charge is 0.255 e. The maximum absolute atomic E-state index is 13.5. The second-order valence-corrected chi connectivity index (χ2v) is 19.9. The van der Waals surface area contributed by atoms with Gasteiger partial charge >= 0.3 is 0 Å². The Morgan fingerprint density at radius 1 is 0.956 bits per heavy atom. The van der Waals surface area contributed by atoms with E-state index in [2.05, 4.69) is 72.6 Å². The normalized spacial score (nSPS) is 16.8. The molecular weight excluding hydrogens is 902 g/mol. The van der Waals surface area contributed by atoms with Crippen molar-refractivity contribution in [3.8, 4) is 10.8 Å². The number of carbonyl (C=O) groups is 5. The molecule has 68 heavy (non-hydrogen) atoms. The molecule has 2 aromatic heterocycles. The van der Waals surface area contributed by atoms with Crippen molar-refractivity contribution in [3.05, 3.63) is 115 Å². The summed E-state index contributed by atoms with van der Waals surface area (Å²) in [4.78, 5) is 72.2. The molecule has 8 rings (SSSR count). The van der Waals surface area contributed by atoms with Crippen LogP contribution in [0, 0.1) is 20.8 Å². The van der Waals surface area contributed by atoms with E-state index in [4.69, 9.17) is 21.3 Å². The van der Waals surface area contributed by atoms with Crippen molar-refractivity contribution in [1.82, 2.24) is 30.3 Å². The molecule has 17 heteroatoms. The topological polar surface area (TPSA) is 190 Å². The summed E-state index contributed by atoms with van der Waals surface area (Å²) in [5.74, 6) is 0.892. The van der Waals surface area contributed by atoms with Crippen LogP contribution in [0.3, 0.4) is 0 Å². The molecule has 4 amide bonds. The Hall–Kier alpha value is -6.39. The van der Waals surface area contributed by atoms with Crippen LogP contribution < -0.4 is 15.4 Å². The fourth-order valence-electron chi connectivity index (χ4n) is 8.97. The van der Waals surface area contributed by atoms with Crippen LogP contribution >= 0.6 is 22.9 Å². The second kappa shape index (κ2) is 20.5. The van der Waals surface area contributed by atoms with Gasteiger partial charge in [-0.2, -0.15) is 10.2 Å². The van der Waals surface area contributed by atoms with E-state index < -0.39 is 18.0 Å². The molecular formula is C51H56ClN9O6S. The van der Waals surface area contributed by atoms with Crippen LogP contribution in [-0.2, 0) is 25.7 Å². The molecule has 15 nitrogen and oxygen atoms in total. The summed E-state index contributed by atoms with van der Waals surface area (Å²) in [6, 6.07) is 15.4. The monoisotopic (exact) mass is 957 g/mol. The Balaban J connectivity index is 0.850. The highest BCUT2D eigenvalue weighted by molar-refractivity contribution is 7.15. The molecule has 0 spiro atoms. The number of nitrogens with one attached hydrogen (secondary N) is 2. The van der Waals surface area contributed by atoms with Crippen LogP contribution in [0.2, 0.25) is 5.02 Å². The third-order valence-electron chi connectivity index (χ3n) is 12.8. The van der Waals surface area contributed by atoms with Crippen molar-refractivity contribution in [1.29, 1.82) is 0 Å². The average molecular weight is 959 g/mol. The lowest BCUT2D eigenvalue weighted by atomic mass is 9.93. The van der Waals surface area contributed by atoms with Crippen molar-refractivity contribution < 1.29 is 28.7 Å². The first-order valence-electron chi connectivity index (χ1n) is 23.2. The highest BCUT2D eigenvalue weighted by atomic mass is 35.5. The summed E-state index contributed by atoms with van der Waals surface area (Å²) >= 11 is 7.92. The standard InChI is InChI=1S/C51H56ClN9O6S/c1-27(2)37-22-34(57-58-40-14-11-13-36-39(40)25-60(50(36)66)42-19-20-43(63)55-49(42)65)23-38(28(3)4)47(37)67-26-35(62)12-9-8-10-21-53-44(64)24-41-48-59-56-31(7)61(48)51-45(29(5)30(6)68-51)46(54-41)32-15-17-33(52)18-16-32/h11,13-18,22-23,27-28,41-42H,8-10,12,19-21,24-26H2,1-7H3,(H,53,64)(H,55,63,65). The quantitative estimate of drug-likeness (QED) is 0.0523. The molecule has 0 aliphatic carbocycles. The number of carbonyl (C=O) groups excluding carboxylic acids is 5. The molecule has 3 aliphatic rings. The summed E-state index contributed by atoms with van der Waals surface area (Å²) in [6.45, 7) is 14.9. The van der Waals surface area contributed by atoms with Crippen LogP contribution in [0.25, 0.3) is 5.00 Å². The van der Waals surface area contributed by atoms with Crippen molar-refractivity contribution >= 4 is 69.4 Å². The Morgan fingerprint density at radius 3 is 2.40 bits per heavy atom. The molecule has 5 heterocycles. The SMILES string of the molecule is Cc1sc2c(c1C)C(c1ccc(Cl)cc1)=NC(CC(=O)NCCCCCC(=O)COc1c(C(C)C)cc(N=Nc3cccc4c3CN(C3CCC(=O)NC3=O)C4=O)cc1C(C)C)c1nnc(C)n1-2. The minimum absolute atomic E-state index is 0.0119. The number of piperidine rings is 1. The number of rotatable bonds is 17. The number of aromatic nitrogens is 3. The number of azo groups is 1. The molecule has 0 radical (unpaired) electrons. The number of aliphatic imine (C=N–C) groups is 1. The first-order valence-corrected chi connectivity index (χ1v) is 24.4. The van der Waals surface area contributed by atoms with E-state index in [1.165, 1.54) is 9.78 Å². The molecule has 1 fully saturated rings. The van der Waals surface area contributed by atoms with E-state index in [1.807, 2.05) is 47.9 Å². The van der Waals surface area contributed by atoms with Crippen molar-refractivity contribution in [2.75, 3.05) is 13.2 Å². The number of hydrogen-bond acceptors (Lipinski definition) is 12. The van der Waals surface area contributed by atoms with Gasteiger partial charge in [-0.1, -0.05) is 63.9 Å². The second-order valence-electron chi connectivity index (χ2n) is 18.3. The Morgan fingerprint density at radius 2 is 1.69 bits per heavy atom. The van der Waals surface area contributed by atoms with Gasteiger partial charge in [-0.15, -0.1) is 21.5 Å². The maximum Gasteiger partial charge on any atom is 0.255 e. The fraction of sp³-hybridized carbons (Fsp3) is 0.412.